The van der Waals surface area contributed by atoms with Crippen molar-refractivity contribution in [2.75, 3.05) is 10.1 Å². The lowest BCUT2D eigenvalue weighted by Crippen LogP contribution is -2.30. The smallest absolute Gasteiger partial charge is 0.343 e. The molecule has 0 aliphatic carbocycles. The number of hydrogen-bond acceptors (Lipinski definition) is 7. The molecule has 0 fully saturated rings. The van der Waals surface area contributed by atoms with Crippen LogP contribution in [0, 0.1) is 0 Å². The van der Waals surface area contributed by atoms with E-state index in [0.29, 0.717) is 0 Å². The van der Waals surface area contributed by atoms with Crippen molar-refractivity contribution in [3.8, 4) is 11.1 Å². The molecule has 188 valence electrons. The van der Waals surface area contributed by atoms with Crippen molar-refractivity contribution in [2.24, 2.45) is 0 Å². The van der Waals surface area contributed by atoms with E-state index in [4.69, 9.17) is 0 Å². The molecule has 1 aromatic heterocycles. The highest BCUT2D eigenvalue weighted by molar-refractivity contribution is 7.92. The number of nitrogens with zero attached hydrogens (tertiary/aromatic N) is 1. The van der Waals surface area contributed by atoms with Crippen molar-refractivity contribution in [1.82, 2.24) is 10.4 Å². The Hall–Kier alpha value is -4.10. The average molecular weight is 541 g/mol. The molecule has 0 saturated heterocycles. The molecule has 0 atom stereocenters. The number of anilines is 2. The Bertz CT molecular complexity index is 1370. The minimum absolute atomic E-state index is 0.0133. The summed E-state index contributed by atoms with van der Waals surface area (Å²) in [6, 6.07) is 18.2. The quantitative estimate of drug-likeness (QED) is 0.289. The number of carbonyl (C=O) groups excluding carboxylic acids is 2. The normalized spacial score (nSPS) is 11.9. The van der Waals surface area contributed by atoms with Crippen LogP contribution in [-0.2, 0) is 23.9 Å². The summed E-state index contributed by atoms with van der Waals surface area (Å²) in [4.78, 5) is 26.7. The molecular formula is C22H16ClF3N4O5S. The second-order valence-corrected chi connectivity index (χ2v) is 8.80. The van der Waals surface area contributed by atoms with E-state index in [1.165, 1.54) is 24.3 Å². The van der Waals surface area contributed by atoms with Gasteiger partial charge in [0.05, 0.1) is 16.8 Å². The fourth-order valence-electron chi connectivity index (χ4n) is 2.79. The Morgan fingerprint density at radius 3 is 2.14 bits per heavy atom. The molecule has 0 unspecified atom stereocenters. The summed E-state index contributed by atoms with van der Waals surface area (Å²) in [7, 11) is -3.94. The summed E-state index contributed by atoms with van der Waals surface area (Å²) in [6.45, 7) is 0. The van der Waals surface area contributed by atoms with Crippen molar-refractivity contribution in [3.63, 3.8) is 0 Å². The van der Waals surface area contributed by atoms with Crippen LogP contribution in [0.1, 0.15) is 0 Å². The molecule has 0 bridgehead atoms. The average Bonchev–Trinajstić information content (AvgIpc) is 2.86. The first kappa shape index (κ1) is 26.5. The van der Waals surface area contributed by atoms with Crippen LogP contribution in [0.25, 0.3) is 11.1 Å². The predicted octanol–water partition coefficient (Wildman–Crippen LogP) is 4.18. The minimum Gasteiger partial charge on any atom is -0.343 e. The molecule has 0 radical (unpaired) electrons. The second kappa shape index (κ2) is 11.1. The Kier molecular flexibility index (Phi) is 8.17. The van der Waals surface area contributed by atoms with Crippen LogP contribution in [0.4, 0.5) is 24.7 Å². The standard InChI is InChI=1S/C22H16ClF3N4O5S/c23-35-21(32)18(22(24,25)26)12-20(31)29-28-19-11-8-16(13-27-19)30-36(33,34)17-9-6-15(7-10-17)14-4-2-1-3-5-14/h1-13,30H,(H,27,28)(H,29,31)/b18-12+. The van der Waals surface area contributed by atoms with Gasteiger partial charge in [0.15, 0.2) is 0 Å². The van der Waals surface area contributed by atoms with Crippen molar-refractivity contribution >= 4 is 45.3 Å². The third-order valence-electron chi connectivity index (χ3n) is 4.47. The van der Waals surface area contributed by atoms with Crippen LogP contribution >= 0.6 is 11.9 Å². The van der Waals surface area contributed by atoms with Crippen LogP contribution in [0.15, 0.2) is 89.5 Å². The number of alkyl halides is 3. The summed E-state index contributed by atoms with van der Waals surface area (Å²) in [5.74, 6) is -3.35. The predicted molar refractivity (Wildman–Crippen MR) is 125 cm³/mol. The molecule has 0 saturated carbocycles. The number of hydrogen-bond donors (Lipinski definition) is 3. The van der Waals surface area contributed by atoms with Crippen LogP contribution < -0.4 is 15.6 Å². The zero-order valence-electron chi connectivity index (χ0n) is 17.9. The van der Waals surface area contributed by atoms with Gasteiger partial charge in [-0.2, -0.15) is 13.2 Å². The molecule has 2 aromatic carbocycles. The largest absolute Gasteiger partial charge is 0.423 e. The Labute approximate surface area is 208 Å². The SMILES string of the molecule is O=C(/C=C(\C(=O)OCl)C(F)(F)F)NNc1ccc(NS(=O)(=O)c2ccc(-c3ccccc3)cc2)cn1. The topological polar surface area (TPSA) is 126 Å². The molecule has 0 aliphatic rings. The number of sulfonamides is 1. The first-order valence-electron chi connectivity index (χ1n) is 9.82. The Balaban J connectivity index is 1.62. The maximum absolute atomic E-state index is 12.8. The molecule has 3 aromatic rings. The lowest BCUT2D eigenvalue weighted by atomic mass is 10.1. The number of carbonyl (C=O) groups is 2. The maximum Gasteiger partial charge on any atom is 0.423 e. The van der Waals surface area contributed by atoms with Crippen molar-refractivity contribution in [1.29, 1.82) is 0 Å². The zero-order chi connectivity index (χ0) is 26.3. The van der Waals surface area contributed by atoms with Crippen LogP contribution in [0.5, 0.6) is 0 Å². The summed E-state index contributed by atoms with van der Waals surface area (Å²) < 4.78 is 69.5. The third kappa shape index (κ3) is 6.96. The van der Waals surface area contributed by atoms with Gasteiger partial charge < -0.3 is 4.29 Å². The number of amides is 1. The van der Waals surface area contributed by atoms with Gasteiger partial charge in [-0.05, 0) is 35.4 Å². The van der Waals surface area contributed by atoms with Crippen LogP contribution in [-0.4, -0.2) is 31.5 Å². The molecule has 1 heterocycles. The van der Waals surface area contributed by atoms with Gasteiger partial charge in [0.25, 0.3) is 15.9 Å². The lowest BCUT2D eigenvalue weighted by molar-refractivity contribution is -0.142. The Morgan fingerprint density at radius 1 is 0.944 bits per heavy atom. The number of halogens is 4. The van der Waals surface area contributed by atoms with E-state index in [1.807, 2.05) is 35.8 Å². The number of benzene rings is 2. The van der Waals surface area contributed by atoms with Gasteiger partial charge in [-0.3, -0.25) is 20.4 Å². The monoisotopic (exact) mass is 540 g/mol. The molecule has 14 heteroatoms. The third-order valence-corrected chi connectivity index (χ3v) is 6.01. The number of hydrazine groups is 1. The zero-order valence-corrected chi connectivity index (χ0v) is 19.5. The lowest BCUT2D eigenvalue weighted by Gasteiger charge is -2.11. The second-order valence-electron chi connectivity index (χ2n) is 6.96. The van der Waals surface area contributed by atoms with E-state index in [2.05, 4.69) is 31.3 Å². The number of pyridine rings is 1. The first-order chi connectivity index (χ1) is 17.0. The van der Waals surface area contributed by atoms with E-state index in [-0.39, 0.29) is 22.5 Å². The summed E-state index contributed by atoms with van der Waals surface area (Å²) in [5, 5.41) is 0. The molecule has 9 nitrogen and oxygen atoms in total. The van der Waals surface area contributed by atoms with Gasteiger partial charge in [0.2, 0.25) is 0 Å². The van der Waals surface area contributed by atoms with Gasteiger partial charge in [0.1, 0.15) is 23.3 Å². The highest BCUT2D eigenvalue weighted by Gasteiger charge is 2.40. The van der Waals surface area contributed by atoms with E-state index in [9.17, 15) is 31.2 Å². The summed E-state index contributed by atoms with van der Waals surface area (Å²) >= 11 is 4.64. The van der Waals surface area contributed by atoms with E-state index < -0.39 is 33.6 Å². The van der Waals surface area contributed by atoms with Crippen LogP contribution in [0.2, 0.25) is 0 Å². The van der Waals surface area contributed by atoms with Gasteiger partial charge in [-0.25, -0.2) is 18.2 Å². The van der Waals surface area contributed by atoms with Crippen molar-refractivity contribution in [2.45, 2.75) is 11.1 Å². The molecular weight excluding hydrogens is 525 g/mol. The van der Waals surface area contributed by atoms with Crippen molar-refractivity contribution < 1.29 is 35.5 Å². The Morgan fingerprint density at radius 2 is 1.58 bits per heavy atom. The molecule has 3 N–H and O–H groups in total. The van der Waals surface area contributed by atoms with E-state index in [1.54, 1.807) is 12.1 Å². The summed E-state index contributed by atoms with van der Waals surface area (Å²) in [6.07, 6.45) is -4.11. The number of aromatic nitrogens is 1. The van der Waals surface area contributed by atoms with Crippen LogP contribution in [0.3, 0.4) is 0 Å². The number of nitrogens with one attached hydrogen (secondary N) is 3. The van der Waals surface area contributed by atoms with Gasteiger partial charge >= 0.3 is 12.1 Å². The van der Waals surface area contributed by atoms with E-state index >= 15 is 0 Å². The highest BCUT2D eigenvalue weighted by atomic mass is 35.5. The molecule has 0 spiro atoms. The highest BCUT2D eigenvalue weighted by Crippen LogP contribution is 2.27. The number of rotatable bonds is 8. The molecule has 36 heavy (non-hydrogen) atoms. The summed E-state index contributed by atoms with van der Waals surface area (Å²) in [5.41, 5.74) is 4.02. The molecule has 3 rings (SSSR count). The van der Waals surface area contributed by atoms with E-state index in [0.717, 1.165) is 17.3 Å². The molecule has 1 amide bonds. The fourth-order valence-corrected chi connectivity index (χ4v) is 3.92. The van der Waals surface area contributed by atoms with Gasteiger partial charge in [0, 0.05) is 6.08 Å². The fraction of sp³-hybridized carbons (Fsp3) is 0.0455. The first-order valence-corrected chi connectivity index (χ1v) is 11.6. The molecule has 0 aliphatic heterocycles. The van der Waals surface area contributed by atoms with Gasteiger partial charge in [-0.1, -0.05) is 42.5 Å². The van der Waals surface area contributed by atoms with Crippen molar-refractivity contribution in [3.05, 3.63) is 84.6 Å². The van der Waals surface area contributed by atoms with Gasteiger partial charge in [-0.15, -0.1) is 0 Å². The minimum atomic E-state index is -5.18. The maximum atomic E-state index is 12.8.